The van der Waals surface area contributed by atoms with Crippen LogP contribution in [0.2, 0.25) is 0 Å². The molecule has 18 heavy (non-hydrogen) atoms. The highest BCUT2D eigenvalue weighted by atomic mass is 16.7. The van der Waals surface area contributed by atoms with Crippen LogP contribution in [0.25, 0.3) is 0 Å². The van der Waals surface area contributed by atoms with Gasteiger partial charge in [0.05, 0.1) is 6.61 Å². The van der Waals surface area contributed by atoms with Crippen molar-refractivity contribution in [1.29, 1.82) is 0 Å². The molecule has 0 atom stereocenters. The lowest BCUT2D eigenvalue weighted by molar-refractivity contribution is 0.0769. The first kappa shape index (κ1) is 14.5. The fourth-order valence-electron chi connectivity index (χ4n) is 1.28. The van der Waals surface area contributed by atoms with Crippen LogP contribution >= 0.6 is 0 Å². The lowest BCUT2D eigenvalue weighted by atomic mass is 10.3. The molecule has 0 spiro atoms. The van der Waals surface area contributed by atoms with Crippen LogP contribution in [0.15, 0.2) is 30.3 Å². The van der Waals surface area contributed by atoms with E-state index < -0.39 is 6.16 Å². The Balaban J connectivity index is 2.00. The molecule has 0 bridgehead atoms. The summed E-state index contributed by atoms with van der Waals surface area (Å²) in [5.41, 5.74) is 0. The summed E-state index contributed by atoms with van der Waals surface area (Å²) in [6, 6.07) is 8.85. The molecule has 0 N–H and O–H groups in total. The van der Waals surface area contributed by atoms with Gasteiger partial charge in [-0.1, -0.05) is 31.5 Å². The van der Waals surface area contributed by atoms with Crippen LogP contribution in [0, 0.1) is 0 Å². The summed E-state index contributed by atoms with van der Waals surface area (Å²) in [7, 11) is 0. The molecule has 0 aliphatic rings. The third kappa shape index (κ3) is 6.91. The first-order valence-electron chi connectivity index (χ1n) is 6.30. The van der Waals surface area contributed by atoms with Gasteiger partial charge in [0, 0.05) is 19.6 Å². The van der Waals surface area contributed by atoms with Gasteiger partial charge in [-0.15, -0.1) is 0 Å². The quantitative estimate of drug-likeness (QED) is 0.404. The van der Waals surface area contributed by atoms with Crippen molar-refractivity contribution in [3.05, 3.63) is 30.3 Å². The molecule has 1 rings (SSSR count). The first-order valence-corrected chi connectivity index (χ1v) is 6.30. The Kier molecular flexibility index (Phi) is 7.64. The fourth-order valence-corrected chi connectivity index (χ4v) is 1.28. The van der Waals surface area contributed by atoms with E-state index >= 15 is 0 Å². The average Bonchev–Trinajstić information content (AvgIpc) is 2.39. The molecule has 0 aliphatic heterocycles. The lowest BCUT2D eigenvalue weighted by Crippen LogP contribution is -2.12. The number of hydrogen-bond acceptors (Lipinski definition) is 4. The Morgan fingerprint density at radius 1 is 1.06 bits per heavy atom. The highest BCUT2D eigenvalue weighted by Crippen LogP contribution is 2.09. The van der Waals surface area contributed by atoms with Gasteiger partial charge in [0.2, 0.25) is 0 Å². The third-order valence-electron chi connectivity index (χ3n) is 2.24. The number of unbranched alkanes of at least 4 members (excludes halogenated alkanes) is 1. The van der Waals surface area contributed by atoms with Gasteiger partial charge in [-0.3, -0.25) is 0 Å². The predicted molar refractivity (Wildman–Crippen MR) is 68.8 cm³/mol. The molecule has 0 amide bonds. The zero-order valence-electron chi connectivity index (χ0n) is 10.8. The molecule has 0 aliphatic carbocycles. The summed E-state index contributed by atoms with van der Waals surface area (Å²) in [6.07, 6.45) is 2.21. The van der Waals surface area contributed by atoms with E-state index in [1.54, 1.807) is 24.3 Å². The molecule has 0 unspecified atom stereocenters. The van der Waals surface area contributed by atoms with E-state index in [0.29, 0.717) is 25.4 Å². The van der Waals surface area contributed by atoms with E-state index in [1.807, 2.05) is 6.07 Å². The number of benzene rings is 1. The molecular weight excluding hydrogens is 232 g/mol. The monoisotopic (exact) mass is 252 g/mol. The van der Waals surface area contributed by atoms with Crippen molar-refractivity contribution in [2.24, 2.45) is 0 Å². The first-order chi connectivity index (χ1) is 8.83. The van der Waals surface area contributed by atoms with Crippen LogP contribution in [-0.4, -0.2) is 26.0 Å². The van der Waals surface area contributed by atoms with E-state index in [2.05, 4.69) is 6.92 Å². The Morgan fingerprint density at radius 3 is 2.50 bits per heavy atom. The molecule has 1 aromatic rings. The standard InChI is InChI=1S/C14H20O4/c1-2-3-10-16-11-7-12-17-14(15)18-13-8-5-4-6-9-13/h4-6,8-9H,2-3,7,10-12H2,1H3. The number of ether oxygens (including phenoxy) is 3. The molecule has 0 saturated carbocycles. The van der Waals surface area contributed by atoms with Crippen molar-refractivity contribution < 1.29 is 19.0 Å². The van der Waals surface area contributed by atoms with Gasteiger partial charge < -0.3 is 14.2 Å². The van der Waals surface area contributed by atoms with E-state index in [1.165, 1.54) is 0 Å². The molecule has 0 radical (unpaired) electrons. The Bertz CT molecular complexity index is 324. The second kappa shape index (κ2) is 9.48. The van der Waals surface area contributed by atoms with E-state index in [4.69, 9.17) is 14.2 Å². The van der Waals surface area contributed by atoms with E-state index in [0.717, 1.165) is 19.4 Å². The summed E-state index contributed by atoms with van der Waals surface area (Å²) >= 11 is 0. The van der Waals surface area contributed by atoms with Crippen LogP contribution < -0.4 is 4.74 Å². The minimum atomic E-state index is -0.672. The second-order valence-electron chi connectivity index (χ2n) is 3.83. The normalized spacial score (nSPS) is 10.1. The zero-order chi connectivity index (χ0) is 13.1. The summed E-state index contributed by atoms with van der Waals surface area (Å²) in [6.45, 7) is 3.81. The maximum Gasteiger partial charge on any atom is 0.513 e. The van der Waals surface area contributed by atoms with Crippen molar-refractivity contribution in [2.45, 2.75) is 26.2 Å². The van der Waals surface area contributed by atoms with E-state index in [-0.39, 0.29) is 0 Å². The number of carbonyl (C=O) groups is 1. The number of para-hydroxylation sites is 1. The van der Waals surface area contributed by atoms with Crippen LogP contribution in [-0.2, 0) is 9.47 Å². The van der Waals surface area contributed by atoms with Crippen LogP contribution in [0.5, 0.6) is 5.75 Å². The van der Waals surface area contributed by atoms with Crippen molar-refractivity contribution in [3.63, 3.8) is 0 Å². The van der Waals surface area contributed by atoms with Crippen LogP contribution in [0.3, 0.4) is 0 Å². The molecule has 4 nitrogen and oxygen atoms in total. The number of hydrogen-bond donors (Lipinski definition) is 0. The second-order valence-corrected chi connectivity index (χ2v) is 3.83. The van der Waals surface area contributed by atoms with Gasteiger partial charge >= 0.3 is 6.16 Å². The predicted octanol–water partition coefficient (Wildman–Crippen LogP) is 3.41. The van der Waals surface area contributed by atoms with Gasteiger partial charge in [-0.05, 0) is 18.6 Å². The zero-order valence-corrected chi connectivity index (χ0v) is 10.8. The molecule has 0 saturated heterocycles. The van der Waals surface area contributed by atoms with Crippen molar-refractivity contribution in [1.82, 2.24) is 0 Å². The maximum absolute atomic E-state index is 11.3. The summed E-state index contributed by atoms with van der Waals surface area (Å²) in [5, 5.41) is 0. The van der Waals surface area contributed by atoms with Crippen LogP contribution in [0.4, 0.5) is 4.79 Å². The van der Waals surface area contributed by atoms with Crippen molar-refractivity contribution in [3.8, 4) is 5.75 Å². The van der Waals surface area contributed by atoms with Crippen molar-refractivity contribution >= 4 is 6.16 Å². The lowest BCUT2D eigenvalue weighted by Gasteiger charge is -2.06. The van der Waals surface area contributed by atoms with E-state index in [9.17, 15) is 4.79 Å². The Hall–Kier alpha value is -1.55. The highest BCUT2D eigenvalue weighted by molar-refractivity contribution is 5.63. The van der Waals surface area contributed by atoms with Gasteiger partial charge in [0.1, 0.15) is 5.75 Å². The number of carbonyl (C=O) groups excluding carboxylic acids is 1. The minimum Gasteiger partial charge on any atom is -0.434 e. The summed E-state index contributed by atoms with van der Waals surface area (Å²) in [4.78, 5) is 11.3. The van der Waals surface area contributed by atoms with Gasteiger partial charge in [-0.25, -0.2) is 4.79 Å². The molecule has 1 aromatic carbocycles. The Labute approximate surface area is 108 Å². The smallest absolute Gasteiger partial charge is 0.434 e. The molecule has 0 heterocycles. The molecular formula is C14H20O4. The topological polar surface area (TPSA) is 44.8 Å². The third-order valence-corrected chi connectivity index (χ3v) is 2.24. The maximum atomic E-state index is 11.3. The molecule has 100 valence electrons. The van der Waals surface area contributed by atoms with Gasteiger partial charge in [0.15, 0.2) is 0 Å². The SMILES string of the molecule is CCCCOCCCOC(=O)Oc1ccccc1. The highest BCUT2D eigenvalue weighted by Gasteiger charge is 2.04. The number of rotatable bonds is 8. The Morgan fingerprint density at radius 2 is 1.78 bits per heavy atom. The molecule has 0 aromatic heterocycles. The van der Waals surface area contributed by atoms with Crippen molar-refractivity contribution in [2.75, 3.05) is 19.8 Å². The van der Waals surface area contributed by atoms with Gasteiger partial charge in [-0.2, -0.15) is 0 Å². The largest absolute Gasteiger partial charge is 0.513 e. The summed E-state index contributed by atoms with van der Waals surface area (Å²) < 4.78 is 15.2. The summed E-state index contributed by atoms with van der Waals surface area (Å²) in [5.74, 6) is 0.488. The fraction of sp³-hybridized carbons (Fsp3) is 0.500. The molecule has 0 fully saturated rings. The average molecular weight is 252 g/mol. The molecule has 4 heteroatoms. The minimum absolute atomic E-state index is 0.317. The van der Waals surface area contributed by atoms with Gasteiger partial charge in [0.25, 0.3) is 0 Å². The van der Waals surface area contributed by atoms with Crippen LogP contribution in [0.1, 0.15) is 26.2 Å².